The van der Waals surface area contributed by atoms with Gasteiger partial charge in [-0.2, -0.15) is 0 Å². The molecule has 0 saturated carbocycles. The van der Waals surface area contributed by atoms with E-state index in [2.05, 4.69) is 0 Å². The number of hydrogen-bond acceptors (Lipinski definition) is 3. The Labute approximate surface area is 101 Å². The van der Waals surface area contributed by atoms with Gasteiger partial charge in [0, 0.05) is 13.5 Å². The van der Waals surface area contributed by atoms with Crippen LogP contribution in [-0.2, 0) is 4.79 Å². The van der Waals surface area contributed by atoms with Crippen LogP contribution >= 0.6 is 0 Å². The summed E-state index contributed by atoms with van der Waals surface area (Å²) in [5.74, 6) is 0.750. The van der Waals surface area contributed by atoms with Gasteiger partial charge < -0.3 is 15.4 Å². The molecule has 1 atom stereocenters. The van der Waals surface area contributed by atoms with Gasteiger partial charge in [-0.05, 0) is 43.7 Å². The number of hydrogen-bond donors (Lipinski definition) is 1. The van der Waals surface area contributed by atoms with Gasteiger partial charge in [-0.3, -0.25) is 4.79 Å². The van der Waals surface area contributed by atoms with Crippen molar-refractivity contribution in [3.05, 3.63) is 23.3 Å². The molecule has 2 rings (SSSR count). The standard InChI is InChI=1S/C13H18N2O2/c1-8-6-10-12(7-9(8)2)17-11(4-5-14)13(16)15(10)3/h6-7,11H,4-5,14H2,1-3H3. The SMILES string of the molecule is Cc1cc2c(cc1C)N(C)C(=O)C(CCN)O2. The topological polar surface area (TPSA) is 55.6 Å². The first-order valence-electron chi connectivity index (χ1n) is 5.80. The predicted octanol–water partition coefficient (Wildman–Crippen LogP) is 1.38. The summed E-state index contributed by atoms with van der Waals surface area (Å²) in [5, 5.41) is 0. The van der Waals surface area contributed by atoms with Crippen molar-refractivity contribution >= 4 is 11.6 Å². The number of benzene rings is 1. The molecule has 2 N–H and O–H groups in total. The molecule has 1 aromatic carbocycles. The fraction of sp³-hybridized carbons (Fsp3) is 0.462. The molecular formula is C13H18N2O2. The van der Waals surface area contributed by atoms with Crippen LogP contribution in [0.2, 0.25) is 0 Å². The van der Waals surface area contributed by atoms with Crippen LogP contribution in [0.3, 0.4) is 0 Å². The van der Waals surface area contributed by atoms with Gasteiger partial charge in [0.25, 0.3) is 5.91 Å². The molecule has 1 unspecified atom stereocenters. The lowest BCUT2D eigenvalue weighted by Gasteiger charge is -2.32. The Morgan fingerprint density at radius 2 is 2.00 bits per heavy atom. The second kappa shape index (κ2) is 4.37. The molecule has 1 aliphatic heterocycles. The molecule has 0 fully saturated rings. The van der Waals surface area contributed by atoms with E-state index in [4.69, 9.17) is 10.5 Å². The molecule has 1 amide bonds. The number of carbonyl (C=O) groups is 1. The molecule has 1 aliphatic rings. The fourth-order valence-corrected chi connectivity index (χ4v) is 2.00. The quantitative estimate of drug-likeness (QED) is 0.841. The summed E-state index contributed by atoms with van der Waals surface area (Å²) in [6, 6.07) is 3.97. The lowest BCUT2D eigenvalue weighted by Crippen LogP contribution is -2.44. The van der Waals surface area contributed by atoms with E-state index in [1.54, 1.807) is 11.9 Å². The second-order valence-electron chi connectivity index (χ2n) is 4.49. The van der Waals surface area contributed by atoms with Gasteiger partial charge in [0.15, 0.2) is 6.10 Å². The molecular weight excluding hydrogens is 216 g/mol. The normalized spacial score (nSPS) is 18.9. The molecule has 0 aliphatic carbocycles. The van der Waals surface area contributed by atoms with Crippen LogP contribution in [0.25, 0.3) is 0 Å². The smallest absolute Gasteiger partial charge is 0.267 e. The number of ether oxygens (including phenoxy) is 1. The van der Waals surface area contributed by atoms with Gasteiger partial charge in [-0.1, -0.05) is 0 Å². The average molecular weight is 234 g/mol. The van der Waals surface area contributed by atoms with Crippen molar-refractivity contribution in [2.75, 3.05) is 18.5 Å². The Morgan fingerprint density at radius 3 is 2.65 bits per heavy atom. The molecule has 1 aromatic rings. The van der Waals surface area contributed by atoms with E-state index in [1.165, 1.54) is 0 Å². The molecule has 0 radical (unpaired) electrons. The molecule has 4 nitrogen and oxygen atoms in total. The Hall–Kier alpha value is -1.55. The van der Waals surface area contributed by atoms with E-state index in [0.717, 1.165) is 22.6 Å². The monoisotopic (exact) mass is 234 g/mol. The molecule has 1 heterocycles. The molecule has 0 bridgehead atoms. The summed E-state index contributed by atoms with van der Waals surface area (Å²) in [6.07, 6.45) is 0.106. The van der Waals surface area contributed by atoms with Gasteiger partial charge in [-0.25, -0.2) is 0 Å². The third kappa shape index (κ3) is 2.00. The number of fused-ring (bicyclic) bond motifs is 1. The van der Waals surface area contributed by atoms with Gasteiger partial charge in [-0.15, -0.1) is 0 Å². The van der Waals surface area contributed by atoms with Crippen molar-refractivity contribution in [3.8, 4) is 5.75 Å². The van der Waals surface area contributed by atoms with Crippen LogP contribution in [0.4, 0.5) is 5.69 Å². The first-order chi connectivity index (χ1) is 8.04. The highest BCUT2D eigenvalue weighted by Crippen LogP contribution is 2.35. The number of likely N-dealkylation sites (N-methyl/N-ethyl adjacent to an activating group) is 1. The third-order valence-electron chi connectivity index (χ3n) is 3.24. The number of carbonyl (C=O) groups excluding carboxylic acids is 1. The zero-order valence-corrected chi connectivity index (χ0v) is 10.5. The Balaban J connectivity index is 2.42. The first-order valence-corrected chi connectivity index (χ1v) is 5.80. The van der Waals surface area contributed by atoms with Crippen LogP contribution in [0.5, 0.6) is 5.75 Å². The van der Waals surface area contributed by atoms with Crippen LogP contribution in [0.1, 0.15) is 17.5 Å². The van der Waals surface area contributed by atoms with E-state index < -0.39 is 6.10 Å². The highest BCUT2D eigenvalue weighted by molar-refractivity contribution is 5.99. The second-order valence-corrected chi connectivity index (χ2v) is 4.49. The van der Waals surface area contributed by atoms with Crippen LogP contribution in [0, 0.1) is 13.8 Å². The summed E-state index contributed by atoms with van der Waals surface area (Å²) >= 11 is 0. The van der Waals surface area contributed by atoms with Crippen molar-refractivity contribution in [1.82, 2.24) is 0 Å². The van der Waals surface area contributed by atoms with Gasteiger partial charge in [0.1, 0.15) is 5.75 Å². The molecule has 17 heavy (non-hydrogen) atoms. The number of anilines is 1. The highest BCUT2D eigenvalue weighted by atomic mass is 16.5. The summed E-state index contributed by atoms with van der Waals surface area (Å²) in [4.78, 5) is 13.7. The Bertz CT molecular complexity index is 457. The van der Waals surface area contributed by atoms with Gasteiger partial charge >= 0.3 is 0 Å². The van der Waals surface area contributed by atoms with Crippen LogP contribution < -0.4 is 15.4 Å². The van der Waals surface area contributed by atoms with E-state index in [0.29, 0.717) is 13.0 Å². The summed E-state index contributed by atoms with van der Waals surface area (Å²) < 4.78 is 5.72. The number of nitrogens with two attached hydrogens (primary N) is 1. The maximum atomic E-state index is 12.0. The molecule has 0 aromatic heterocycles. The van der Waals surface area contributed by atoms with Crippen molar-refractivity contribution in [2.45, 2.75) is 26.4 Å². The van der Waals surface area contributed by atoms with Crippen molar-refractivity contribution in [1.29, 1.82) is 0 Å². The zero-order valence-electron chi connectivity index (χ0n) is 10.5. The molecule has 92 valence electrons. The average Bonchev–Trinajstić information content (AvgIpc) is 2.29. The van der Waals surface area contributed by atoms with Crippen LogP contribution in [0.15, 0.2) is 12.1 Å². The number of nitrogens with zero attached hydrogens (tertiary/aromatic N) is 1. The lowest BCUT2D eigenvalue weighted by atomic mass is 10.1. The zero-order chi connectivity index (χ0) is 12.6. The fourth-order valence-electron chi connectivity index (χ4n) is 2.00. The van der Waals surface area contributed by atoms with Crippen molar-refractivity contribution in [3.63, 3.8) is 0 Å². The lowest BCUT2D eigenvalue weighted by molar-refractivity contribution is -0.126. The van der Waals surface area contributed by atoms with E-state index in [-0.39, 0.29) is 5.91 Å². The molecule has 4 heteroatoms. The minimum Gasteiger partial charge on any atom is -0.478 e. The van der Waals surface area contributed by atoms with E-state index in [9.17, 15) is 4.79 Å². The van der Waals surface area contributed by atoms with Gasteiger partial charge in [0.05, 0.1) is 5.69 Å². The Kier molecular flexibility index (Phi) is 3.07. The maximum absolute atomic E-state index is 12.0. The Morgan fingerprint density at radius 1 is 1.35 bits per heavy atom. The number of aryl methyl sites for hydroxylation is 2. The minimum absolute atomic E-state index is 0.0220. The maximum Gasteiger partial charge on any atom is 0.267 e. The predicted molar refractivity (Wildman–Crippen MR) is 67.4 cm³/mol. The molecule has 0 saturated heterocycles. The van der Waals surface area contributed by atoms with Crippen molar-refractivity contribution < 1.29 is 9.53 Å². The van der Waals surface area contributed by atoms with Crippen LogP contribution in [-0.4, -0.2) is 25.6 Å². The third-order valence-corrected chi connectivity index (χ3v) is 3.24. The largest absolute Gasteiger partial charge is 0.478 e. The summed E-state index contributed by atoms with van der Waals surface area (Å²) in [6.45, 7) is 4.51. The van der Waals surface area contributed by atoms with E-state index in [1.807, 2.05) is 26.0 Å². The van der Waals surface area contributed by atoms with Gasteiger partial charge in [0.2, 0.25) is 0 Å². The summed E-state index contributed by atoms with van der Waals surface area (Å²) in [5.41, 5.74) is 8.65. The van der Waals surface area contributed by atoms with Crippen molar-refractivity contribution in [2.24, 2.45) is 5.73 Å². The first kappa shape index (κ1) is 11.9. The number of amides is 1. The molecule has 0 spiro atoms. The summed E-state index contributed by atoms with van der Waals surface area (Å²) in [7, 11) is 1.78. The number of rotatable bonds is 2. The van der Waals surface area contributed by atoms with E-state index >= 15 is 0 Å². The highest BCUT2D eigenvalue weighted by Gasteiger charge is 2.31. The minimum atomic E-state index is -0.445.